The van der Waals surface area contributed by atoms with E-state index in [1.807, 2.05) is 19.1 Å². The van der Waals surface area contributed by atoms with Gasteiger partial charge in [0.2, 0.25) is 7.98 Å². The van der Waals surface area contributed by atoms with Gasteiger partial charge in [0.15, 0.2) is 0 Å². The van der Waals surface area contributed by atoms with Gasteiger partial charge in [-0.25, -0.2) is 0 Å². The van der Waals surface area contributed by atoms with Gasteiger partial charge < -0.3 is 4.42 Å². The topological polar surface area (TPSA) is 28.4 Å². The molecule has 3 nitrogen and oxygen atoms in total. The molecule has 70 valence electrons. The number of nitrogens with zero attached hydrogens (tertiary/aromatic N) is 1. The van der Waals surface area contributed by atoms with Crippen molar-refractivity contribution >= 4 is 7.98 Å². The molecule has 0 spiro atoms. The van der Waals surface area contributed by atoms with Crippen LogP contribution in [0, 0.1) is 0 Å². The summed E-state index contributed by atoms with van der Waals surface area (Å²) in [7, 11) is 5.53. The van der Waals surface area contributed by atoms with Crippen molar-refractivity contribution in [1.29, 1.82) is 0 Å². The van der Waals surface area contributed by atoms with Crippen molar-refractivity contribution in [2.24, 2.45) is 0 Å². The summed E-state index contributed by atoms with van der Waals surface area (Å²) in [5.41, 5.74) is 3.06. The lowest BCUT2D eigenvalue weighted by molar-refractivity contribution is 0.345. The standard InChI is InChI=1S/C9H15BN2O/c1-2-12(10)11-7-3-5-9-6-4-8-13-9/h4,6,8,11H,2-3,5,7H2,1H3. The zero-order valence-electron chi connectivity index (χ0n) is 7.99. The highest BCUT2D eigenvalue weighted by Gasteiger charge is 1.96. The third-order valence-electron chi connectivity index (χ3n) is 1.84. The van der Waals surface area contributed by atoms with Gasteiger partial charge in [-0.1, -0.05) is 6.92 Å². The largest absolute Gasteiger partial charge is 0.469 e. The van der Waals surface area contributed by atoms with Gasteiger partial charge in [0.1, 0.15) is 5.76 Å². The number of rotatable bonds is 6. The van der Waals surface area contributed by atoms with E-state index < -0.39 is 0 Å². The Hall–Kier alpha value is -0.735. The van der Waals surface area contributed by atoms with Gasteiger partial charge >= 0.3 is 0 Å². The number of furan rings is 1. The fourth-order valence-corrected chi connectivity index (χ4v) is 1.05. The fraction of sp³-hybridized carbons (Fsp3) is 0.556. The monoisotopic (exact) mass is 178 g/mol. The smallest absolute Gasteiger partial charge is 0.206 e. The molecule has 0 bridgehead atoms. The Kier molecular flexibility index (Phi) is 4.64. The highest BCUT2D eigenvalue weighted by atomic mass is 16.3. The van der Waals surface area contributed by atoms with Crippen molar-refractivity contribution in [2.45, 2.75) is 19.8 Å². The first-order chi connectivity index (χ1) is 6.33. The van der Waals surface area contributed by atoms with Crippen LogP contribution in [0.5, 0.6) is 0 Å². The molecule has 1 N–H and O–H groups in total. The van der Waals surface area contributed by atoms with E-state index in [1.54, 1.807) is 11.2 Å². The predicted octanol–water partition coefficient (Wildman–Crippen LogP) is 1.12. The highest BCUT2D eigenvalue weighted by molar-refractivity contribution is 6.03. The first-order valence-electron chi connectivity index (χ1n) is 4.61. The van der Waals surface area contributed by atoms with E-state index in [0.717, 1.165) is 31.7 Å². The minimum atomic E-state index is 0.806. The Morgan fingerprint density at radius 1 is 1.62 bits per heavy atom. The molecule has 1 rings (SSSR count). The molecule has 4 heteroatoms. The van der Waals surface area contributed by atoms with Crippen LogP contribution < -0.4 is 5.43 Å². The summed E-state index contributed by atoms with van der Waals surface area (Å²) in [5.74, 6) is 1.03. The molecule has 1 aromatic rings. The lowest BCUT2D eigenvalue weighted by Gasteiger charge is -2.15. The number of hydrogen-bond donors (Lipinski definition) is 1. The van der Waals surface area contributed by atoms with Crippen LogP contribution >= 0.6 is 0 Å². The van der Waals surface area contributed by atoms with Gasteiger partial charge in [-0.3, -0.25) is 10.3 Å². The summed E-state index contributed by atoms with van der Waals surface area (Å²) < 4.78 is 5.19. The van der Waals surface area contributed by atoms with E-state index >= 15 is 0 Å². The van der Waals surface area contributed by atoms with E-state index in [4.69, 9.17) is 12.4 Å². The normalized spacial score (nSPS) is 10.9. The molecule has 13 heavy (non-hydrogen) atoms. The summed E-state index contributed by atoms with van der Waals surface area (Å²) in [6.45, 7) is 3.69. The van der Waals surface area contributed by atoms with Crippen molar-refractivity contribution in [3.05, 3.63) is 24.2 Å². The molecule has 0 aliphatic heterocycles. The summed E-state index contributed by atoms with van der Waals surface area (Å²) in [6.07, 6.45) is 3.68. The molecular formula is C9H15BN2O. The van der Waals surface area contributed by atoms with Crippen molar-refractivity contribution in [1.82, 2.24) is 10.3 Å². The van der Waals surface area contributed by atoms with Crippen molar-refractivity contribution < 1.29 is 4.42 Å². The van der Waals surface area contributed by atoms with Gasteiger partial charge in [0.05, 0.1) is 6.26 Å². The zero-order valence-corrected chi connectivity index (χ0v) is 7.99. The molecule has 0 amide bonds. The van der Waals surface area contributed by atoms with Crippen LogP contribution in [0.15, 0.2) is 22.8 Å². The summed E-state index contributed by atoms with van der Waals surface area (Å²) in [4.78, 5) is 1.59. The third-order valence-corrected chi connectivity index (χ3v) is 1.84. The average Bonchev–Trinajstić information content (AvgIpc) is 2.64. The lowest BCUT2D eigenvalue weighted by atomic mass is 10.2. The van der Waals surface area contributed by atoms with Gasteiger partial charge in [-0.05, 0) is 25.1 Å². The molecule has 0 aromatic carbocycles. The Labute approximate surface area is 80.5 Å². The minimum Gasteiger partial charge on any atom is -0.469 e. The first kappa shape index (κ1) is 10.3. The van der Waals surface area contributed by atoms with Gasteiger partial charge in [0, 0.05) is 13.0 Å². The van der Waals surface area contributed by atoms with Crippen LogP contribution in [0.1, 0.15) is 19.1 Å². The molecule has 0 saturated carbocycles. The van der Waals surface area contributed by atoms with Crippen LogP contribution in [0.25, 0.3) is 0 Å². The molecule has 1 heterocycles. The highest BCUT2D eigenvalue weighted by Crippen LogP contribution is 2.02. The second-order valence-corrected chi connectivity index (χ2v) is 2.88. The maximum Gasteiger partial charge on any atom is 0.206 e. The van der Waals surface area contributed by atoms with Crippen LogP contribution in [0.4, 0.5) is 0 Å². The Morgan fingerprint density at radius 2 is 2.46 bits per heavy atom. The molecule has 2 radical (unpaired) electrons. The van der Waals surface area contributed by atoms with Crippen LogP contribution in [-0.4, -0.2) is 26.0 Å². The quantitative estimate of drug-likeness (QED) is 0.402. The predicted molar refractivity (Wildman–Crippen MR) is 53.2 cm³/mol. The first-order valence-corrected chi connectivity index (χ1v) is 4.61. The third kappa shape index (κ3) is 4.15. The molecule has 0 aliphatic carbocycles. The fourth-order valence-electron chi connectivity index (χ4n) is 1.05. The van der Waals surface area contributed by atoms with Crippen LogP contribution in [0.3, 0.4) is 0 Å². The maximum absolute atomic E-state index is 5.53. The summed E-state index contributed by atoms with van der Waals surface area (Å²) >= 11 is 0. The molecule has 0 atom stereocenters. The Balaban J connectivity index is 2.02. The van der Waals surface area contributed by atoms with Gasteiger partial charge in [-0.2, -0.15) is 0 Å². The van der Waals surface area contributed by atoms with E-state index in [-0.39, 0.29) is 0 Å². The van der Waals surface area contributed by atoms with Crippen molar-refractivity contribution in [3.8, 4) is 0 Å². The van der Waals surface area contributed by atoms with Crippen molar-refractivity contribution in [3.63, 3.8) is 0 Å². The number of hydrogen-bond acceptors (Lipinski definition) is 3. The summed E-state index contributed by atoms with van der Waals surface area (Å²) in [6, 6.07) is 3.89. The second kappa shape index (κ2) is 5.83. The second-order valence-electron chi connectivity index (χ2n) is 2.88. The average molecular weight is 178 g/mol. The van der Waals surface area contributed by atoms with Crippen molar-refractivity contribution in [2.75, 3.05) is 13.1 Å². The summed E-state index contributed by atoms with van der Waals surface area (Å²) in [5, 5.41) is 0. The van der Waals surface area contributed by atoms with Crippen LogP contribution in [-0.2, 0) is 6.42 Å². The zero-order chi connectivity index (χ0) is 9.52. The van der Waals surface area contributed by atoms with Gasteiger partial charge in [0.25, 0.3) is 0 Å². The Morgan fingerprint density at radius 3 is 3.08 bits per heavy atom. The number of hydrazine groups is 1. The number of aryl methyl sites for hydroxylation is 1. The van der Waals surface area contributed by atoms with Gasteiger partial charge in [-0.15, -0.1) is 0 Å². The molecule has 0 fully saturated rings. The van der Waals surface area contributed by atoms with Crippen LogP contribution in [0.2, 0.25) is 0 Å². The lowest BCUT2D eigenvalue weighted by Crippen LogP contribution is -2.36. The van der Waals surface area contributed by atoms with E-state index in [2.05, 4.69) is 5.43 Å². The minimum absolute atomic E-state index is 0.806. The SMILES string of the molecule is [B]N(CC)NCCCc1ccco1. The van der Waals surface area contributed by atoms with E-state index in [9.17, 15) is 0 Å². The molecule has 0 unspecified atom stereocenters. The van der Waals surface area contributed by atoms with E-state index in [0.29, 0.717) is 0 Å². The molecular weight excluding hydrogens is 163 g/mol. The number of nitrogens with one attached hydrogen (secondary N) is 1. The molecule has 0 aliphatic rings. The maximum atomic E-state index is 5.53. The molecule has 1 aromatic heterocycles. The Bertz CT molecular complexity index is 213. The van der Waals surface area contributed by atoms with E-state index in [1.165, 1.54) is 0 Å². The molecule has 0 saturated heterocycles.